The molecule has 0 aromatic heterocycles. The molecule has 1 aromatic rings. The average Bonchev–Trinajstić information content (AvgIpc) is 2.64. The fraction of sp³-hybridized carbons (Fsp3) is 0.727. The predicted octanol–water partition coefficient (Wildman–Crippen LogP) is 5.77. The zero-order valence-electron chi connectivity index (χ0n) is 16.0. The van der Waals surface area contributed by atoms with E-state index in [4.69, 9.17) is 0 Å². The first-order valence-electron chi connectivity index (χ1n) is 10.4. The van der Waals surface area contributed by atoms with Gasteiger partial charge in [0.1, 0.15) is 0 Å². The average molecular weight is 331 g/mol. The summed E-state index contributed by atoms with van der Waals surface area (Å²) in [5.41, 5.74) is 1.39. The maximum atomic E-state index is 3.72. The van der Waals surface area contributed by atoms with Crippen LogP contribution in [0.4, 0.5) is 5.69 Å². The minimum absolute atomic E-state index is 0.627. The van der Waals surface area contributed by atoms with Crippen LogP contribution in [-0.2, 0) is 0 Å². The summed E-state index contributed by atoms with van der Waals surface area (Å²) in [6.45, 7) is 7.06. The highest BCUT2D eigenvalue weighted by atomic mass is 15.2. The molecular weight excluding hydrogens is 292 g/mol. The quantitative estimate of drug-likeness (QED) is 0.518. The van der Waals surface area contributed by atoms with Crippen molar-refractivity contribution in [2.24, 2.45) is 0 Å². The van der Waals surface area contributed by atoms with Crippen LogP contribution >= 0.6 is 0 Å². The summed E-state index contributed by atoms with van der Waals surface area (Å²) < 4.78 is 0. The maximum Gasteiger partial charge on any atom is 0.0369 e. The molecule has 2 heteroatoms. The summed E-state index contributed by atoms with van der Waals surface area (Å²) in [5, 5.41) is 3.72. The van der Waals surface area contributed by atoms with E-state index in [1.165, 1.54) is 76.4 Å². The second-order valence-electron chi connectivity index (χ2n) is 7.54. The summed E-state index contributed by atoms with van der Waals surface area (Å²) >= 11 is 0. The largest absolute Gasteiger partial charge is 0.367 e. The van der Waals surface area contributed by atoms with Gasteiger partial charge in [-0.05, 0) is 44.9 Å². The van der Waals surface area contributed by atoms with E-state index in [1.807, 2.05) is 0 Å². The number of nitrogens with zero attached hydrogens (tertiary/aromatic N) is 1. The molecule has 1 fully saturated rings. The summed E-state index contributed by atoms with van der Waals surface area (Å²) in [6.07, 6.45) is 13.7. The fourth-order valence-electron chi connectivity index (χ4n) is 3.85. The van der Waals surface area contributed by atoms with Gasteiger partial charge in [0.05, 0.1) is 0 Å². The molecule has 1 N–H and O–H groups in total. The molecule has 2 unspecified atom stereocenters. The van der Waals surface area contributed by atoms with Gasteiger partial charge in [0.2, 0.25) is 0 Å². The molecule has 0 bridgehead atoms. The standard InChI is InChI=1S/C22H38N2/c1-3-4-5-6-7-9-14-20(2)24(22-16-10-8-11-17-22)19-21-15-12-13-18-23-21/h8,10-11,16-17,20-21,23H,3-7,9,12-15,18-19H2,1-2H3. The van der Waals surface area contributed by atoms with Crippen LogP contribution in [0.15, 0.2) is 30.3 Å². The number of hydrogen-bond acceptors (Lipinski definition) is 2. The Morgan fingerprint density at radius 1 is 1.04 bits per heavy atom. The Labute approximate surface area is 150 Å². The van der Waals surface area contributed by atoms with Crippen molar-refractivity contribution in [3.05, 3.63) is 30.3 Å². The molecule has 24 heavy (non-hydrogen) atoms. The van der Waals surface area contributed by atoms with Crippen molar-refractivity contribution in [1.82, 2.24) is 5.32 Å². The number of rotatable bonds is 11. The molecule has 1 aromatic carbocycles. The van der Waals surface area contributed by atoms with E-state index in [0.29, 0.717) is 12.1 Å². The minimum Gasteiger partial charge on any atom is -0.367 e. The number of para-hydroxylation sites is 1. The molecular formula is C22H38N2. The lowest BCUT2D eigenvalue weighted by Gasteiger charge is -2.36. The number of unbranched alkanes of at least 4 members (excludes halogenated alkanes) is 5. The summed E-state index contributed by atoms with van der Waals surface area (Å²) in [6, 6.07) is 12.3. The van der Waals surface area contributed by atoms with Gasteiger partial charge in [-0.1, -0.05) is 70.1 Å². The van der Waals surface area contributed by atoms with Crippen molar-refractivity contribution in [2.75, 3.05) is 18.0 Å². The lowest BCUT2D eigenvalue weighted by Crippen LogP contribution is -2.46. The Morgan fingerprint density at radius 3 is 2.50 bits per heavy atom. The first-order valence-corrected chi connectivity index (χ1v) is 10.4. The van der Waals surface area contributed by atoms with Crippen LogP contribution in [0, 0.1) is 0 Å². The van der Waals surface area contributed by atoms with Gasteiger partial charge in [0.25, 0.3) is 0 Å². The van der Waals surface area contributed by atoms with E-state index >= 15 is 0 Å². The zero-order valence-corrected chi connectivity index (χ0v) is 16.0. The third kappa shape index (κ3) is 6.84. The van der Waals surface area contributed by atoms with Crippen molar-refractivity contribution in [3.63, 3.8) is 0 Å². The third-order valence-electron chi connectivity index (χ3n) is 5.42. The van der Waals surface area contributed by atoms with E-state index < -0.39 is 0 Å². The first-order chi connectivity index (χ1) is 11.8. The number of nitrogens with one attached hydrogen (secondary N) is 1. The maximum absolute atomic E-state index is 3.72. The Morgan fingerprint density at radius 2 is 1.79 bits per heavy atom. The van der Waals surface area contributed by atoms with Crippen LogP contribution in [-0.4, -0.2) is 25.2 Å². The molecule has 2 nitrogen and oxygen atoms in total. The molecule has 0 spiro atoms. The number of piperidine rings is 1. The van der Waals surface area contributed by atoms with Gasteiger partial charge in [-0.15, -0.1) is 0 Å². The highest BCUT2D eigenvalue weighted by Gasteiger charge is 2.20. The molecule has 1 aliphatic heterocycles. The molecule has 2 rings (SSSR count). The van der Waals surface area contributed by atoms with Crippen LogP contribution in [0.25, 0.3) is 0 Å². The topological polar surface area (TPSA) is 15.3 Å². The van der Waals surface area contributed by atoms with Crippen molar-refractivity contribution in [1.29, 1.82) is 0 Å². The van der Waals surface area contributed by atoms with E-state index in [-0.39, 0.29) is 0 Å². The van der Waals surface area contributed by atoms with Crippen LogP contribution < -0.4 is 10.2 Å². The lowest BCUT2D eigenvalue weighted by molar-refractivity contribution is 0.386. The fourth-order valence-corrected chi connectivity index (χ4v) is 3.85. The zero-order chi connectivity index (χ0) is 17.0. The molecule has 0 radical (unpaired) electrons. The second-order valence-corrected chi connectivity index (χ2v) is 7.54. The molecule has 0 aliphatic carbocycles. The van der Waals surface area contributed by atoms with E-state index in [1.54, 1.807) is 0 Å². The summed E-state index contributed by atoms with van der Waals surface area (Å²) in [4.78, 5) is 2.65. The molecule has 2 atom stereocenters. The van der Waals surface area contributed by atoms with Gasteiger partial charge in [-0.25, -0.2) is 0 Å². The Balaban J connectivity index is 1.84. The van der Waals surface area contributed by atoms with Crippen LogP contribution in [0.2, 0.25) is 0 Å². The SMILES string of the molecule is CCCCCCCCC(C)N(CC1CCCCN1)c1ccccc1. The molecule has 1 saturated heterocycles. The van der Waals surface area contributed by atoms with Crippen molar-refractivity contribution < 1.29 is 0 Å². The van der Waals surface area contributed by atoms with Gasteiger partial charge in [0, 0.05) is 24.3 Å². The molecule has 0 amide bonds. The predicted molar refractivity (Wildman–Crippen MR) is 107 cm³/mol. The number of anilines is 1. The van der Waals surface area contributed by atoms with Crippen molar-refractivity contribution in [3.8, 4) is 0 Å². The summed E-state index contributed by atoms with van der Waals surface area (Å²) in [7, 11) is 0. The normalized spacial score (nSPS) is 19.2. The van der Waals surface area contributed by atoms with E-state index in [9.17, 15) is 0 Å². The van der Waals surface area contributed by atoms with Crippen LogP contribution in [0.1, 0.15) is 78.1 Å². The van der Waals surface area contributed by atoms with Gasteiger partial charge in [0.15, 0.2) is 0 Å². The smallest absolute Gasteiger partial charge is 0.0369 e. The second kappa shape index (κ2) is 11.5. The van der Waals surface area contributed by atoms with E-state index in [2.05, 4.69) is 54.4 Å². The number of benzene rings is 1. The Bertz CT molecular complexity index is 411. The molecule has 136 valence electrons. The first kappa shape index (κ1) is 19.3. The van der Waals surface area contributed by atoms with Crippen LogP contribution in [0.3, 0.4) is 0 Å². The highest BCUT2D eigenvalue weighted by Crippen LogP contribution is 2.22. The van der Waals surface area contributed by atoms with Gasteiger partial charge >= 0.3 is 0 Å². The molecule has 0 saturated carbocycles. The Hall–Kier alpha value is -1.02. The van der Waals surface area contributed by atoms with E-state index in [0.717, 1.165) is 6.54 Å². The molecule has 1 aliphatic rings. The molecule has 1 heterocycles. The van der Waals surface area contributed by atoms with Gasteiger partial charge in [-0.3, -0.25) is 0 Å². The monoisotopic (exact) mass is 330 g/mol. The highest BCUT2D eigenvalue weighted by molar-refractivity contribution is 5.47. The summed E-state index contributed by atoms with van der Waals surface area (Å²) in [5.74, 6) is 0. The number of hydrogen-bond donors (Lipinski definition) is 1. The minimum atomic E-state index is 0.627. The Kier molecular flexibility index (Phi) is 9.27. The lowest BCUT2D eigenvalue weighted by atomic mass is 10.0. The van der Waals surface area contributed by atoms with Crippen molar-refractivity contribution >= 4 is 5.69 Å². The van der Waals surface area contributed by atoms with Gasteiger partial charge < -0.3 is 10.2 Å². The van der Waals surface area contributed by atoms with Gasteiger partial charge in [-0.2, -0.15) is 0 Å². The third-order valence-corrected chi connectivity index (χ3v) is 5.42. The van der Waals surface area contributed by atoms with Crippen molar-refractivity contribution in [2.45, 2.75) is 90.1 Å². The van der Waals surface area contributed by atoms with Crippen LogP contribution in [0.5, 0.6) is 0 Å².